The number of halogens is 4. The summed E-state index contributed by atoms with van der Waals surface area (Å²) < 4.78 is 0. The molecule has 1 aliphatic rings. The maximum Gasteiger partial charge on any atom is 0 e. The van der Waals surface area contributed by atoms with Gasteiger partial charge in [-0.2, -0.15) is 6.08 Å². The van der Waals surface area contributed by atoms with E-state index in [1.165, 1.54) is 0 Å². The van der Waals surface area contributed by atoms with Crippen molar-refractivity contribution in [3.8, 4) is 0 Å². The normalized spacial score (nSPS) is 5.87. The minimum absolute atomic E-state index is 0. The SMILES string of the molecule is [C-]1=CC=CC1.[CH3-].[CH3-].[CH3-].[CH3-].[CH3-].[Cl-].[Cl-].[Cl-].[Cl-].[Ta]. The largest absolute Gasteiger partial charge is 1.00 e. The van der Waals surface area contributed by atoms with E-state index in [4.69, 9.17) is 0 Å². The molecule has 0 aromatic carbocycles. The molecule has 0 fully saturated rings. The van der Waals surface area contributed by atoms with E-state index in [0.29, 0.717) is 0 Å². The van der Waals surface area contributed by atoms with E-state index in [0.717, 1.165) is 6.42 Å². The molecule has 0 spiro atoms. The average Bonchev–Trinajstić information content (AvgIpc) is 1.76. The predicted octanol–water partition coefficient (Wildman–Crippen LogP) is -8.43. The molecule has 0 aromatic heterocycles. The number of rotatable bonds is 0. The summed E-state index contributed by atoms with van der Waals surface area (Å²) in [6, 6.07) is 0. The Labute approximate surface area is 139 Å². The first-order chi connectivity index (χ1) is 2.50. The van der Waals surface area contributed by atoms with Crippen LogP contribution in [0.2, 0.25) is 0 Å². The van der Waals surface area contributed by atoms with E-state index >= 15 is 0 Å². The van der Waals surface area contributed by atoms with Crippen molar-refractivity contribution in [3.05, 3.63) is 61.4 Å². The third kappa shape index (κ3) is 67.6. The van der Waals surface area contributed by atoms with Gasteiger partial charge in [0.05, 0.1) is 0 Å². The van der Waals surface area contributed by atoms with Gasteiger partial charge in [0.15, 0.2) is 0 Å². The van der Waals surface area contributed by atoms with E-state index in [1.54, 1.807) is 0 Å². The Balaban J connectivity index is -0.00000000312. The molecule has 0 saturated heterocycles. The number of hydrogen-bond acceptors (Lipinski definition) is 0. The van der Waals surface area contributed by atoms with Gasteiger partial charge in [-0.15, -0.1) is 6.42 Å². The van der Waals surface area contributed by atoms with Gasteiger partial charge in [-0.3, -0.25) is 6.08 Å². The van der Waals surface area contributed by atoms with Crippen LogP contribution in [0.4, 0.5) is 0 Å². The number of hydrogen-bond donors (Lipinski definition) is 0. The Hall–Kier alpha value is 1.38. The first-order valence-electron chi connectivity index (χ1n) is 1.72. The van der Waals surface area contributed by atoms with Gasteiger partial charge in [0.1, 0.15) is 0 Å². The van der Waals surface area contributed by atoms with Gasteiger partial charge in [-0.25, -0.2) is 12.2 Å². The fraction of sp³-hybridized carbons (Fsp3) is 0.100. The van der Waals surface area contributed by atoms with Crippen LogP contribution >= 0.6 is 0 Å². The quantitative estimate of drug-likeness (QED) is 0.314. The molecule has 0 atom stereocenters. The summed E-state index contributed by atoms with van der Waals surface area (Å²) >= 11 is 0. The van der Waals surface area contributed by atoms with Crippen LogP contribution in [0.25, 0.3) is 0 Å². The molecule has 103 valence electrons. The Kier molecular flexibility index (Phi) is 496. The summed E-state index contributed by atoms with van der Waals surface area (Å²) in [5, 5.41) is 0. The summed E-state index contributed by atoms with van der Waals surface area (Å²) in [4.78, 5) is 0. The molecule has 0 nitrogen and oxygen atoms in total. The Morgan fingerprint density at radius 2 is 1.07 bits per heavy atom. The molecule has 1 rings (SSSR count). The van der Waals surface area contributed by atoms with Gasteiger partial charge in [0, 0.05) is 22.4 Å². The van der Waals surface area contributed by atoms with Gasteiger partial charge < -0.3 is 86.8 Å². The molecule has 5 heteroatoms. The minimum atomic E-state index is 0. The monoisotopic (exact) mass is 461 g/mol. The summed E-state index contributed by atoms with van der Waals surface area (Å²) in [6.07, 6.45) is 10.0. The van der Waals surface area contributed by atoms with Crippen molar-refractivity contribution in [2.75, 3.05) is 0 Å². The molecule has 0 saturated carbocycles. The first kappa shape index (κ1) is 95.2. The zero-order valence-electron chi connectivity index (χ0n) is 9.90. The maximum absolute atomic E-state index is 2.99. The Bertz CT molecular complexity index is 75.5. The smallest absolute Gasteiger partial charge is 0 e. The van der Waals surface area contributed by atoms with Crippen LogP contribution in [0.5, 0.6) is 0 Å². The number of allylic oxidation sites excluding steroid dienone is 4. The van der Waals surface area contributed by atoms with E-state index in [-0.39, 0.29) is 109 Å². The van der Waals surface area contributed by atoms with Crippen LogP contribution < -0.4 is 49.6 Å². The molecular formula is C10H20Cl4Ta-10. The molecule has 0 aromatic rings. The van der Waals surface area contributed by atoms with Crippen molar-refractivity contribution in [1.82, 2.24) is 0 Å². The summed E-state index contributed by atoms with van der Waals surface area (Å²) in [7, 11) is 0. The first-order valence-corrected chi connectivity index (χ1v) is 1.72. The molecule has 1 radical (unpaired) electrons. The predicted molar refractivity (Wildman–Crippen MR) is 53.6 cm³/mol. The third-order valence-electron chi connectivity index (χ3n) is 0.586. The topological polar surface area (TPSA) is 0 Å². The standard InChI is InChI=1S/C5H5.5CH3.4ClH.Ta/c1-2-4-5-3-1;;;;;;;;;;/h1-3H,4H2;5*1H3;4*1H;/q6*-1;;;;;/p-4. The maximum atomic E-state index is 2.99. The summed E-state index contributed by atoms with van der Waals surface area (Å²) in [5.41, 5.74) is 0. The third-order valence-corrected chi connectivity index (χ3v) is 0.586. The van der Waals surface area contributed by atoms with Gasteiger partial charge in [0.2, 0.25) is 0 Å². The van der Waals surface area contributed by atoms with Gasteiger partial charge in [-0.05, 0) is 0 Å². The molecular weight excluding hydrogens is 443 g/mol. The van der Waals surface area contributed by atoms with Gasteiger partial charge >= 0.3 is 0 Å². The minimum Gasteiger partial charge on any atom is -1.00 e. The zero-order valence-corrected chi connectivity index (χ0v) is 16.1. The molecule has 1 aliphatic carbocycles. The van der Waals surface area contributed by atoms with E-state index in [2.05, 4.69) is 12.2 Å². The molecule has 0 amide bonds. The van der Waals surface area contributed by atoms with Crippen LogP contribution in [0.15, 0.2) is 18.2 Å². The molecule has 0 unspecified atom stereocenters. The van der Waals surface area contributed by atoms with Crippen molar-refractivity contribution in [1.29, 1.82) is 0 Å². The van der Waals surface area contributed by atoms with E-state index in [9.17, 15) is 0 Å². The van der Waals surface area contributed by atoms with Crippen LogP contribution in [0, 0.1) is 43.2 Å². The fourth-order valence-electron chi connectivity index (χ4n) is 0.340. The second-order valence-corrected chi connectivity index (χ2v) is 1.00. The molecule has 0 heterocycles. The van der Waals surface area contributed by atoms with Crippen molar-refractivity contribution in [2.24, 2.45) is 0 Å². The second kappa shape index (κ2) is 78.1. The molecule has 15 heavy (non-hydrogen) atoms. The second-order valence-electron chi connectivity index (χ2n) is 1.00. The van der Waals surface area contributed by atoms with Crippen LogP contribution in [0.3, 0.4) is 0 Å². The van der Waals surface area contributed by atoms with Crippen molar-refractivity contribution >= 4 is 0 Å². The molecule has 0 aliphatic heterocycles. The van der Waals surface area contributed by atoms with Crippen LogP contribution in [-0.2, 0) is 22.4 Å². The zero-order chi connectivity index (χ0) is 3.54. The van der Waals surface area contributed by atoms with Crippen molar-refractivity contribution < 1.29 is 72.0 Å². The van der Waals surface area contributed by atoms with Crippen molar-refractivity contribution in [3.63, 3.8) is 0 Å². The van der Waals surface area contributed by atoms with Gasteiger partial charge in [0.25, 0.3) is 0 Å². The Morgan fingerprint density at radius 3 is 1.13 bits per heavy atom. The molecule has 0 bridgehead atoms. The van der Waals surface area contributed by atoms with Gasteiger partial charge in [-0.1, -0.05) is 0 Å². The van der Waals surface area contributed by atoms with E-state index in [1.807, 2.05) is 12.2 Å². The van der Waals surface area contributed by atoms with E-state index < -0.39 is 0 Å². The summed E-state index contributed by atoms with van der Waals surface area (Å²) in [6.45, 7) is 0. The average molecular weight is 463 g/mol. The van der Waals surface area contributed by atoms with Crippen LogP contribution in [0.1, 0.15) is 6.42 Å². The molecule has 0 N–H and O–H groups in total. The summed E-state index contributed by atoms with van der Waals surface area (Å²) in [5.74, 6) is 0. The van der Waals surface area contributed by atoms with Crippen molar-refractivity contribution in [2.45, 2.75) is 6.42 Å². The van der Waals surface area contributed by atoms with Crippen LogP contribution in [-0.4, -0.2) is 0 Å². The Morgan fingerprint density at radius 1 is 0.733 bits per heavy atom. The fourth-order valence-corrected chi connectivity index (χ4v) is 0.340.